The Labute approximate surface area is 116 Å². The number of hydrogen-bond donors (Lipinski definition) is 3. The van der Waals surface area contributed by atoms with E-state index in [0.717, 1.165) is 4.90 Å². The second-order valence-corrected chi connectivity index (χ2v) is 4.80. The highest BCUT2D eigenvalue weighted by atomic mass is 16.4. The third-order valence-corrected chi connectivity index (χ3v) is 3.06. The van der Waals surface area contributed by atoms with Gasteiger partial charge in [-0.3, -0.25) is 4.79 Å². The van der Waals surface area contributed by atoms with Crippen molar-refractivity contribution in [3.63, 3.8) is 0 Å². The standard InChI is InChI=1S/C13H17N3O4/c1-13(2,11(18)19)16(3)12(20)15-9-6-4-5-8(7-9)10(14)17/h4-7H,1-3H3,(H2,14,17)(H,15,20)(H,18,19). The zero-order chi connectivity index (χ0) is 15.5. The average Bonchev–Trinajstić information content (AvgIpc) is 2.37. The van der Waals surface area contributed by atoms with Crippen LogP contribution in [-0.2, 0) is 4.79 Å². The van der Waals surface area contributed by atoms with Gasteiger partial charge in [-0.1, -0.05) is 6.07 Å². The molecule has 7 nitrogen and oxygen atoms in total. The van der Waals surface area contributed by atoms with Crippen LogP contribution in [0.4, 0.5) is 10.5 Å². The van der Waals surface area contributed by atoms with Crippen molar-refractivity contribution < 1.29 is 19.5 Å². The Morgan fingerprint density at radius 1 is 1.30 bits per heavy atom. The number of hydrogen-bond acceptors (Lipinski definition) is 3. The molecule has 0 saturated carbocycles. The van der Waals surface area contributed by atoms with Crippen LogP contribution in [0.5, 0.6) is 0 Å². The number of nitrogens with one attached hydrogen (secondary N) is 1. The smallest absolute Gasteiger partial charge is 0.329 e. The van der Waals surface area contributed by atoms with Crippen molar-refractivity contribution in [1.29, 1.82) is 0 Å². The van der Waals surface area contributed by atoms with Crippen LogP contribution in [0.25, 0.3) is 0 Å². The number of benzene rings is 1. The van der Waals surface area contributed by atoms with Gasteiger partial charge in [-0.05, 0) is 32.0 Å². The fourth-order valence-corrected chi connectivity index (χ4v) is 1.35. The van der Waals surface area contributed by atoms with Gasteiger partial charge in [-0.2, -0.15) is 0 Å². The number of urea groups is 1. The molecule has 7 heteroatoms. The van der Waals surface area contributed by atoms with Crippen LogP contribution in [0.15, 0.2) is 24.3 Å². The molecular weight excluding hydrogens is 262 g/mol. The Hall–Kier alpha value is -2.57. The lowest BCUT2D eigenvalue weighted by Crippen LogP contribution is -2.52. The summed E-state index contributed by atoms with van der Waals surface area (Å²) in [4.78, 5) is 35.2. The number of carboxylic acids is 1. The summed E-state index contributed by atoms with van der Waals surface area (Å²) in [5, 5.41) is 11.6. The van der Waals surface area contributed by atoms with E-state index in [4.69, 9.17) is 10.8 Å². The van der Waals surface area contributed by atoms with Crippen molar-refractivity contribution in [1.82, 2.24) is 4.90 Å². The van der Waals surface area contributed by atoms with E-state index in [1.54, 1.807) is 12.1 Å². The highest BCUT2D eigenvalue weighted by molar-refractivity contribution is 5.97. The molecule has 0 spiro atoms. The monoisotopic (exact) mass is 279 g/mol. The molecule has 0 radical (unpaired) electrons. The zero-order valence-corrected chi connectivity index (χ0v) is 11.5. The molecule has 0 fully saturated rings. The van der Waals surface area contributed by atoms with E-state index in [0.29, 0.717) is 5.69 Å². The third kappa shape index (κ3) is 3.25. The molecule has 3 amide bonds. The van der Waals surface area contributed by atoms with Gasteiger partial charge in [0.1, 0.15) is 5.54 Å². The molecule has 1 rings (SSSR count). The van der Waals surface area contributed by atoms with E-state index in [1.807, 2.05) is 0 Å². The third-order valence-electron chi connectivity index (χ3n) is 3.06. The van der Waals surface area contributed by atoms with Gasteiger partial charge in [0.25, 0.3) is 0 Å². The van der Waals surface area contributed by atoms with Crippen LogP contribution in [0.2, 0.25) is 0 Å². The summed E-state index contributed by atoms with van der Waals surface area (Å²) in [6.07, 6.45) is 0. The number of anilines is 1. The lowest BCUT2D eigenvalue weighted by atomic mass is 10.1. The number of carbonyl (C=O) groups excluding carboxylic acids is 2. The molecular formula is C13H17N3O4. The van der Waals surface area contributed by atoms with E-state index in [-0.39, 0.29) is 5.56 Å². The van der Waals surface area contributed by atoms with E-state index in [1.165, 1.54) is 33.0 Å². The van der Waals surface area contributed by atoms with Crippen LogP contribution in [0, 0.1) is 0 Å². The van der Waals surface area contributed by atoms with Gasteiger partial charge in [0.2, 0.25) is 5.91 Å². The van der Waals surface area contributed by atoms with Crippen molar-refractivity contribution in [2.45, 2.75) is 19.4 Å². The summed E-state index contributed by atoms with van der Waals surface area (Å²) in [5.74, 6) is -1.73. The minimum Gasteiger partial charge on any atom is -0.480 e. The summed E-state index contributed by atoms with van der Waals surface area (Å²) in [5.41, 5.74) is 4.40. The molecule has 0 aromatic heterocycles. The minimum atomic E-state index is -1.36. The normalized spacial score (nSPS) is 10.8. The van der Waals surface area contributed by atoms with E-state index in [9.17, 15) is 14.4 Å². The topological polar surface area (TPSA) is 113 Å². The molecule has 1 aromatic rings. The summed E-state index contributed by atoms with van der Waals surface area (Å²) < 4.78 is 0. The van der Waals surface area contributed by atoms with Crippen molar-refractivity contribution in [2.24, 2.45) is 5.73 Å². The Bertz CT molecular complexity index is 554. The first-order valence-electron chi connectivity index (χ1n) is 5.84. The lowest BCUT2D eigenvalue weighted by molar-refractivity contribution is -0.146. The highest BCUT2D eigenvalue weighted by Gasteiger charge is 2.35. The van der Waals surface area contributed by atoms with E-state index in [2.05, 4.69) is 5.32 Å². The number of nitrogens with zero attached hydrogens (tertiary/aromatic N) is 1. The number of primary amides is 1. The SMILES string of the molecule is CN(C(=O)Nc1cccc(C(N)=O)c1)C(C)(C)C(=O)O. The second kappa shape index (κ2) is 5.60. The maximum atomic E-state index is 12.0. The first-order chi connectivity index (χ1) is 9.16. The molecule has 0 bridgehead atoms. The van der Waals surface area contributed by atoms with E-state index < -0.39 is 23.4 Å². The summed E-state index contributed by atoms with van der Waals surface area (Å²) >= 11 is 0. The zero-order valence-electron chi connectivity index (χ0n) is 11.5. The van der Waals surface area contributed by atoms with Crippen molar-refractivity contribution in [3.8, 4) is 0 Å². The molecule has 1 aromatic carbocycles. The highest BCUT2D eigenvalue weighted by Crippen LogP contribution is 2.16. The average molecular weight is 279 g/mol. The fourth-order valence-electron chi connectivity index (χ4n) is 1.35. The molecule has 0 saturated heterocycles. The predicted octanol–water partition coefficient (Wildman–Crippen LogP) is 1.11. The predicted molar refractivity (Wildman–Crippen MR) is 73.5 cm³/mol. The summed E-state index contributed by atoms with van der Waals surface area (Å²) in [6.45, 7) is 2.82. The van der Waals surface area contributed by atoms with Gasteiger partial charge in [0, 0.05) is 18.3 Å². The van der Waals surface area contributed by atoms with Crippen LogP contribution in [0.3, 0.4) is 0 Å². The van der Waals surface area contributed by atoms with Gasteiger partial charge in [0.15, 0.2) is 0 Å². The number of likely N-dealkylation sites (N-methyl/N-ethyl adjacent to an activating group) is 1. The van der Waals surface area contributed by atoms with Gasteiger partial charge in [0.05, 0.1) is 0 Å². The maximum Gasteiger partial charge on any atom is 0.329 e. The molecule has 0 aliphatic carbocycles. The van der Waals surface area contributed by atoms with Crippen molar-refractivity contribution in [3.05, 3.63) is 29.8 Å². The number of amides is 3. The van der Waals surface area contributed by atoms with Crippen LogP contribution in [-0.4, -0.2) is 40.5 Å². The molecule has 0 aliphatic rings. The number of rotatable bonds is 4. The number of nitrogens with two attached hydrogens (primary N) is 1. The van der Waals surface area contributed by atoms with E-state index >= 15 is 0 Å². The Kier molecular flexibility index (Phi) is 4.34. The van der Waals surface area contributed by atoms with Crippen molar-refractivity contribution >= 4 is 23.6 Å². The summed E-state index contributed by atoms with van der Waals surface area (Å²) in [6, 6.07) is 5.48. The fraction of sp³-hybridized carbons (Fsp3) is 0.308. The number of aliphatic carboxylic acids is 1. The first-order valence-corrected chi connectivity index (χ1v) is 5.84. The molecule has 0 aliphatic heterocycles. The lowest BCUT2D eigenvalue weighted by Gasteiger charge is -2.31. The molecule has 20 heavy (non-hydrogen) atoms. The molecule has 0 unspecified atom stereocenters. The van der Waals surface area contributed by atoms with Gasteiger partial charge < -0.3 is 21.1 Å². The largest absolute Gasteiger partial charge is 0.480 e. The minimum absolute atomic E-state index is 0.253. The van der Waals surface area contributed by atoms with Crippen LogP contribution in [0.1, 0.15) is 24.2 Å². The van der Waals surface area contributed by atoms with Gasteiger partial charge >= 0.3 is 12.0 Å². The maximum absolute atomic E-state index is 12.0. The summed E-state index contributed by atoms with van der Waals surface area (Å²) in [7, 11) is 1.38. The molecule has 4 N–H and O–H groups in total. The van der Waals surface area contributed by atoms with Gasteiger partial charge in [-0.15, -0.1) is 0 Å². The quantitative estimate of drug-likeness (QED) is 0.766. The first kappa shape index (κ1) is 15.5. The van der Waals surface area contributed by atoms with Crippen LogP contribution < -0.4 is 11.1 Å². The molecule has 0 atom stereocenters. The Morgan fingerprint density at radius 2 is 1.90 bits per heavy atom. The number of carboxylic acid groups (broad SMARTS) is 1. The molecule has 108 valence electrons. The van der Waals surface area contributed by atoms with Crippen LogP contribution >= 0.6 is 0 Å². The molecule has 0 heterocycles. The number of carbonyl (C=O) groups is 3. The second-order valence-electron chi connectivity index (χ2n) is 4.80. The Morgan fingerprint density at radius 3 is 2.40 bits per heavy atom. The Balaban J connectivity index is 2.88. The van der Waals surface area contributed by atoms with Crippen molar-refractivity contribution in [2.75, 3.05) is 12.4 Å². The van der Waals surface area contributed by atoms with Gasteiger partial charge in [-0.25, -0.2) is 9.59 Å².